The number of nitrogens with one attached hydrogen (secondary N) is 1. The summed E-state index contributed by atoms with van der Waals surface area (Å²) in [5.41, 5.74) is 1.69. The molecular formula is C12H20N2O2S. The summed E-state index contributed by atoms with van der Waals surface area (Å²) >= 11 is 1.34. The summed E-state index contributed by atoms with van der Waals surface area (Å²) in [6.45, 7) is 6.50. The van der Waals surface area contributed by atoms with Crippen molar-refractivity contribution in [3.05, 3.63) is 11.2 Å². The third-order valence-electron chi connectivity index (χ3n) is 2.57. The molecule has 17 heavy (non-hydrogen) atoms. The molecule has 0 aliphatic heterocycles. The Bertz CT molecular complexity index is 363. The zero-order chi connectivity index (χ0) is 12.8. The van der Waals surface area contributed by atoms with Gasteiger partial charge < -0.3 is 10.4 Å². The molecule has 1 atom stereocenters. The maximum Gasteiger partial charge on any atom is 0.357 e. The van der Waals surface area contributed by atoms with Gasteiger partial charge in [0.15, 0.2) is 5.69 Å². The first-order valence-corrected chi connectivity index (χ1v) is 6.82. The summed E-state index contributed by atoms with van der Waals surface area (Å²) < 4.78 is 0. The highest BCUT2D eigenvalue weighted by atomic mass is 32.1. The Kier molecular flexibility index (Phi) is 5.41. The number of hydrogen-bond acceptors (Lipinski definition) is 4. The Balaban J connectivity index is 2.42. The molecule has 0 spiro atoms. The van der Waals surface area contributed by atoms with Crippen molar-refractivity contribution in [1.29, 1.82) is 0 Å². The first-order valence-electron chi connectivity index (χ1n) is 5.94. The zero-order valence-electron chi connectivity index (χ0n) is 10.6. The number of thiazole rings is 1. The third kappa shape index (κ3) is 4.73. The Morgan fingerprint density at radius 1 is 1.47 bits per heavy atom. The fourth-order valence-corrected chi connectivity index (χ4v) is 2.41. The first kappa shape index (κ1) is 14.0. The Labute approximate surface area is 106 Å². The second-order valence-corrected chi connectivity index (χ2v) is 5.56. The van der Waals surface area contributed by atoms with Crippen LogP contribution in [0.2, 0.25) is 0 Å². The molecule has 5 heteroatoms. The zero-order valence-corrected chi connectivity index (χ0v) is 11.4. The molecule has 0 bridgehead atoms. The van der Waals surface area contributed by atoms with Crippen molar-refractivity contribution in [3.63, 3.8) is 0 Å². The maximum absolute atomic E-state index is 10.9. The number of nitrogens with zero attached hydrogens (tertiary/aromatic N) is 1. The first-order chi connectivity index (χ1) is 8.00. The maximum atomic E-state index is 10.9. The highest BCUT2D eigenvalue weighted by Crippen LogP contribution is 2.22. The minimum Gasteiger partial charge on any atom is -0.476 e. The van der Waals surface area contributed by atoms with Crippen LogP contribution in [0.5, 0.6) is 0 Å². The largest absolute Gasteiger partial charge is 0.476 e. The average Bonchev–Trinajstić information content (AvgIpc) is 2.65. The number of rotatable bonds is 7. The van der Waals surface area contributed by atoms with Gasteiger partial charge in [-0.3, -0.25) is 0 Å². The van der Waals surface area contributed by atoms with Gasteiger partial charge in [-0.25, -0.2) is 9.78 Å². The predicted octanol–water partition coefficient (Wildman–Crippen LogP) is 3.47. The van der Waals surface area contributed by atoms with Gasteiger partial charge in [-0.05, 0) is 19.3 Å². The van der Waals surface area contributed by atoms with E-state index in [4.69, 9.17) is 5.11 Å². The second kappa shape index (κ2) is 6.59. The highest BCUT2D eigenvalue weighted by Gasteiger charge is 2.14. The van der Waals surface area contributed by atoms with Crippen molar-refractivity contribution in [1.82, 2.24) is 4.98 Å². The summed E-state index contributed by atoms with van der Waals surface area (Å²) in [7, 11) is 0. The summed E-state index contributed by atoms with van der Waals surface area (Å²) in [6.07, 6.45) is 3.42. The molecule has 1 aromatic rings. The molecule has 1 rings (SSSR count). The molecule has 0 aliphatic rings. The van der Waals surface area contributed by atoms with Crippen LogP contribution in [0.1, 0.15) is 50.5 Å². The van der Waals surface area contributed by atoms with Gasteiger partial charge in [-0.1, -0.05) is 26.7 Å². The standard InChI is InChI=1S/C12H20N2O2S/c1-8(2)5-4-6-9(3)14-11-10(12(15)16)13-7-17-11/h7-9,14H,4-6H2,1-3H3,(H,15,16). The predicted molar refractivity (Wildman–Crippen MR) is 70.8 cm³/mol. The van der Waals surface area contributed by atoms with Gasteiger partial charge in [0.2, 0.25) is 0 Å². The van der Waals surface area contributed by atoms with Crippen LogP contribution < -0.4 is 5.32 Å². The third-order valence-corrected chi connectivity index (χ3v) is 3.32. The van der Waals surface area contributed by atoms with Gasteiger partial charge in [0.1, 0.15) is 5.00 Å². The Morgan fingerprint density at radius 3 is 2.76 bits per heavy atom. The number of hydrogen-bond donors (Lipinski definition) is 2. The minimum atomic E-state index is -0.969. The molecular weight excluding hydrogens is 236 g/mol. The minimum absolute atomic E-state index is 0.130. The lowest BCUT2D eigenvalue weighted by molar-refractivity contribution is 0.0692. The van der Waals surface area contributed by atoms with Gasteiger partial charge in [0.25, 0.3) is 0 Å². The quantitative estimate of drug-likeness (QED) is 0.784. The van der Waals surface area contributed by atoms with E-state index in [2.05, 4.69) is 31.1 Å². The molecule has 0 aromatic carbocycles. The lowest BCUT2D eigenvalue weighted by atomic mass is 10.0. The van der Waals surface area contributed by atoms with Crippen LogP contribution in [0, 0.1) is 5.92 Å². The molecule has 0 amide bonds. The van der Waals surface area contributed by atoms with E-state index in [-0.39, 0.29) is 11.7 Å². The van der Waals surface area contributed by atoms with Crippen LogP contribution in [-0.4, -0.2) is 22.1 Å². The molecule has 4 nitrogen and oxygen atoms in total. The fourth-order valence-electron chi connectivity index (χ4n) is 1.63. The summed E-state index contributed by atoms with van der Waals surface area (Å²) in [5, 5.41) is 12.8. The van der Waals surface area contributed by atoms with E-state index in [1.165, 1.54) is 17.8 Å². The van der Waals surface area contributed by atoms with Crippen LogP contribution in [0.25, 0.3) is 0 Å². The Morgan fingerprint density at radius 2 is 2.18 bits per heavy atom. The van der Waals surface area contributed by atoms with E-state index in [1.54, 1.807) is 5.51 Å². The lowest BCUT2D eigenvalue weighted by Crippen LogP contribution is -2.16. The average molecular weight is 256 g/mol. The number of aromatic nitrogens is 1. The number of carboxylic acids is 1. The van der Waals surface area contributed by atoms with Gasteiger partial charge in [0, 0.05) is 6.04 Å². The topological polar surface area (TPSA) is 62.2 Å². The molecule has 2 N–H and O–H groups in total. The molecule has 0 saturated heterocycles. The van der Waals surface area contributed by atoms with Crippen LogP contribution in [0.3, 0.4) is 0 Å². The van der Waals surface area contributed by atoms with E-state index in [0.29, 0.717) is 5.00 Å². The summed E-state index contributed by atoms with van der Waals surface area (Å²) in [4.78, 5) is 14.7. The molecule has 1 unspecified atom stereocenters. The van der Waals surface area contributed by atoms with Gasteiger partial charge in [-0.2, -0.15) is 0 Å². The molecule has 1 heterocycles. The van der Waals surface area contributed by atoms with Crippen LogP contribution in [-0.2, 0) is 0 Å². The van der Waals surface area contributed by atoms with Gasteiger partial charge in [0.05, 0.1) is 5.51 Å². The van der Waals surface area contributed by atoms with E-state index < -0.39 is 5.97 Å². The van der Waals surface area contributed by atoms with Crippen LogP contribution in [0.15, 0.2) is 5.51 Å². The molecule has 0 saturated carbocycles. The monoisotopic (exact) mass is 256 g/mol. The van der Waals surface area contributed by atoms with E-state index in [1.807, 2.05) is 0 Å². The van der Waals surface area contributed by atoms with Crippen molar-refractivity contribution in [3.8, 4) is 0 Å². The van der Waals surface area contributed by atoms with E-state index in [0.717, 1.165) is 18.8 Å². The van der Waals surface area contributed by atoms with E-state index >= 15 is 0 Å². The normalized spacial score (nSPS) is 12.7. The molecule has 96 valence electrons. The van der Waals surface area contributed by atoms with Crippen molar-refractivity contribution in [2.24, 2.45) is 5.92 Å². The number of anilines is 1. The smallest absolute Gasteiger partial charge is 0.357 e. The summed E-state index contributed by atoms with van der Waals surface area (Å²) in [6, 6.07) is 0.285. The van der Waals surface area contributed by atoms with Crippen molar-refractivity contribution >= 4 is 22.3 Å². The van der Waals surface area contributed by atoms with E-state index in [9.17, 15) is 4.79 Å². The highest BCUT2D eigenvalue weighted by molar-refractivity contribution is 7.14. The molecule has 0 fully saturated rings. The molecule has 0 aliphatic carbocycles. The molecule has 1 aromatic heterocycles. The van der Waals surface area contributed by atoms with Crippen LogP contribution >= 0.6 is 11.3 Å². The van der Waals surface area contributed by atoms with Crippen molar-refractivity contribution < 1.29 is 9.90 Å². The summed E-state index contributed by atoms with van der Waals surface area (Å²) in [5.74, 6) is -0.247. The number of carboxylic acid groups (broad SMARTS) is 1. The van der Waals surface area contributed by atoms with Crippen molar-refractivity contribution in [2.45, 2.75) is 46.1 Å². The van der Waals surface area contributed by atoms with Gasteiger partial charge in [-0.15, -0.1) is 11.3 Å². The second-order valence-electron chi connectivity index (χ2n) is 4.71. The van der Waals surface area contributed by atoms with Gasteiger partial charge >= 0.3 is 5.97 Å². The Hall–Kier alpha value is -1.10. The lowest BCUT2D eigenvalue weighted by Gasteiger charge is -2.14. The number of aromatic carboxylic acids is 1. The number of carbonyl (C=O) groups is 1. The SMILES string of the molecule is CC(C)CCCC(C)Nc1scnc1C(=O)O. The van der Waals surface area contributed by atoms with Crippen molar-refractivity contribution in [2.75, 3.05) is 5.32 Å². The fraction of sp³-hybridized carbons (Fsp3) is 0.667. The molecule has 0 radical (unpaired) electrons. The van der Waals surface area contributed by atoms with Crippen LogP contribution in [0.4, 0.5) is 5.00 Å².